The molecule has 2 amide bonds. The maximum absolute atomic E-state index is 13.2. The lowest BCUT2D eigenvalue weighted by Crippen LogP contribution is -2.40. The van der Waals surface area contributed by atoms with Gasteiger partial charge >= 0.3 is 11.8 Å². The van der Waals surface area contributed by atoms with E-state index in [1.807, 2.05) is 19.0 Å². The number of likely N-dealkylation sites (N-methyl/N-ethyl adjacent to an activating group) is 2. The van der Waals surface area contributed by atoms with Gasteiger partial charge in [-0.05, 0) is 55.9 Å². The number of benzene rings is 2. The summed E-state index contributed by atoms with van der Waals surface area (Å²) in [7, 11) is 5.94. The van der Waals surface area contributed by atoms with E-state index in [4.69, 9.17) is 0 Å². The lowest BCUT2D eigenvalue weighted by atomic mass is 10.0. The molecule has 0 saturated heterocycles. The van der Waals surface area contributed by atoms with Crippen molar-refractivity contribution in [2.24, 2.45) is 0 Å². The maximum Gasteiger partial charge on any atom is 0.313 e. The molecule has 7 heteroatoms. The molecule has 1 aliphatic heterocycles. The van der Waals surface area contributed by atoms with Gasteiger partial charge in [0.05, 0.1) is 6.04 Å². The second-order valence-corrected chi connectivity index (χ2v) is 7.21. The molecule has 0 radical (unpaired) electrons. The number of carbonyl (C=O) groups is 2. The summed E-state index contributed by atoms with van der Waals surface area (Å²) in [5, 5.41) is 5.08. The predicted molar refractivity (Wildman–Crippen MR) is 108 cm³/mol. The van der Waals surface area contributed by atoms with Gasteiger partial charge in [0, 0.05) is 31.5 Å². The number of nitrogens with one attached hydrogen (secondary N) is 2. The number of halogens is 1. The highest BCUT2D eigenvalue weighted by Crippen LogP contribution is 2.30. The van der Waals surface area contributed by atoms with Gasteiger partial charge in [0.2, 0.25) is 0 Å². The van der Waals surface area contributed by atoms with Crippen LogP contribution in [-0.2, 0) is 16.0 Å². The zero-order chi connectivity index (χ0) is 20.3. The smallest absolute Gasteiger partial charge is 0.313 e. The van der Waals surface area contributed by atoms with Crippen LogP contribution in [0.2, 0.25) is 0 Å². The Hall–Kier alpha value is -2.93. The van der Waals surface area contributed by atoms with Crippen LogP contribution in [0.5, 0.6) is 0 Å². The average Bonchev–Trinajstić information content (AvgIpc) is 3.02. The van der Waals surface area contributed by atoms with Gasteiger partial charge in [-0.3, -0.25) is 9.59 Å². The third-order valence-corrected chi connectivity index (χ3v) is 4.98. The number of fused-ring (bicyclic) bond motifs is 1. The normalized spacial score (nSPS) is 14.0. The van der Waals surface area contributed by atoms with E-state index < -0.39 is 17.6 Å². The molecular weight excluding hydrogens is 359 g/mol. The first kappa shape index (κ1) is 19.8. The van der Waals surface area contributed by atoms with E-state index in [1.165, 1.54) is 29.4 Å². The van der Waals surface area contributed by atoms with Crippen LogP contribution in [0.25, 0.3) is 0 Å². The van der Waals surface area contributed by atoms with E-state index in [9.17, 15) is 14.0 Å². The second kappa shape index (κ2) is 8.39. The third-order valence-electron chi connectivity index (χ3n) is 4.98. The molecule has 0 aliphatic carbocycles. The summed E-state index contributed by atoms with van der Waals surface area (Å²) in [6, 6.07) is 11.7. The van der Waals surface area contributed by atoms with E-state index in [0.29, 0.717) is 0 Å². The van der Waals surface area contributed by atoms with Crippen molar-refractivity contribution >= 4 is 23.2 Å². The summed E-state index contributed by atoms with van der Waals surface area (Å²) in [5.74, 6) is -2.05. The Morgan fingerprint density at radius 1 is 1.18 bits per heavy atom. The third kappa shape index (κ3) is 4.48. The van der Waals surface area contributed by atoms with Crippen LogP contribution in [0.4, 0.5) is 15.8 Å². The van der Waals surface area contributed by atoms with Crippen LogP contribution >= 0.6 is 0 Å². The molecule has 148 valence electrons. The molecule has 6 nitrogen and oxygen atoms in total. The van der Waals surface area contributed by atoms with Crippen LogP contribution < -0.4 is 15.5 Å². The molecule has 1 heterocycles. The highest BCUT2D eigenvalue weighted by Gasteiger charge is 2.22. The molecule has 0 fully saturated rings. The molecule has 0 bridgehead atoms. The summed E-state index contributed by atoms with van der Waals surface area (Å²) < 4.78 is 13.2. The minimum absolute atomic E-state index is 0.0675. The molecule has 0 unspecified atom stereocenters. The van der Waals surface area contributed by atoms with Gasteiger partial charge in [0.15, 0.2) is 0 Å². The number of hydrogen-bond acceptors (Lipinski definition) is 4. The Morgan fingerprint density at radius 2 is 1.96 bits per heavy atom. The first-order valence-corrected chi connectivity index (χ1v) is 9.20. The number of anilines is 2. The number of rotatable bonds is 5. The molecule has 3 rings (SSSR count). The summed E-state index contributed by atoms with van der Waals surface area (Å²) in [4.78, 5) is 28.5. The van der Waals surface area contributed by atoms with Gasteiger partial charge in [-0.25, -0.2) is 4.39 Å². The monoisotopic (exact) mass is 384 g/mol. The second-order valence-electron chi connectivity index (χ2n) is 7.21. The Balaban J connectivity index is 1.63. The van der Waals surface area contributed by atoms with Crippen molar-refractivity contribution in [1.82, 2.24) is 10.2 Å². The Morgan fingerprint density at radius 3 is 2.68 bits per heavy atom. The highest BCUT2D eigenvalue weighted by atomic mass is 19.1. The summed E-state index contributed by atoms with van der Waals surface area (Å²) in [6.07, 6.45) is 1.00. The van der Waals surface area contributed by atoms with Gasteiger partial charge in [-0.1, -0.05) is 18.2 Å². The minimum atomic E-state index is -0.821. The lowest BCUT2D eigenvalue weighted by Gasteiger charge is -2.26. The van der Waals surface area contributed by atoms with Crippen LogP contribution in [0.3, 0.4) is 0 Å². The van der Waals surface area contributed by atoms with Gasteiger partial charge in [0.25, 0.3) is 0 Å². The van der Waals surface area contributed by atoms with E-state index in [2.05, 4.69) is 40.8 Å². The highest BCUT2D eigenvalue weighted by molar-refractivity contribution is 6.39. The SMILES string of the molecule is CN1CCc2cc([C@@H](CNC(=O)C(=O)Nc3cccc(F)c3)N(C)C)ccc21. The Kier molecular flexibility index (Phi) is 5.94. The minimum Gasteiger partial charge on any atom is -0.374 e. The molecule has 0 aromatic heterocycles. The summed E-state index contributed by atoms with van der Waals surface area (Å²) >= 11 is 0. The fourth-order valence-electron chi connectivity index (χ4n) is 3.42. The molecule has 0 spiro atoms. The molecule has 1 atom stereocenters. The quantitative estimate of drug-likeness (QED) is 0.776. The topological polar surface area (TPSA) is 64.7 Å². The van der Waals surface area contributed by atoms with Crippen LogP contribution in [0.1, 0.15) is 17.2 Å². The first-order valence-electron chi connectivity index (χ1n) is 9.20. The van der Waals surface area contributed by atoms with E-state index >= 15 is 0 Å². The molecule has 2 aromatic rings. The van der Waals surface area contributed by atoms with E-state index in [-0.39, 0.29) is 18.3 Å². The summed E-state index contributed by atoms with van der Waals surface area (Å²) in [5.41, 5.74) is 3.86. The van der Waals surface area contributed by atoms with Crippen molar-refractivity contribution in [3.8, 4) is 0 Å². The first-order chi connectivity index (χ1) is 13.3. The van der Waals surface area contributed by atoms with Crippen LogP contribution in [0.15, 0.2) is 42.5 Å². The summed E-state index contributed by atoms with van der Waals surface area (Å²) in [6.45, 7) is 1.29. The van der Waals surface area contributed by atoms with Crippen molar-refractivity contribution in [2.75, 3.05) is 44.4 Å². The molecular formula is C21H25FN4O2. The van der Waals surface area contributed by atoms with Crippen molar-refractivity contribution in [2.45, 2.75) is 12.5 Å². The fraction of sp³-hybridized carbons (Fsp3) is 0.333. The average molecular weight is 384 g/mol. The molecule has 2 aromatic carbocycles. The lowest BCUT2D eigenvalue weighted by molar-refractivity contribution is -0.136. The Labute approximate surface area is 164 Å². The van der Waals surface area contributed by atoms with Crippen molar-refractivity contribution in [3.05, 3.63) is 59.4 Å². The zero-order valence-corrected chi connectivity index (χ0v) is 16.3. The predicted octanol–water partition coefficient (Wildman–Crippen LogP) is 2.18. The number of nitrogens with zero attached hydrogens (tertiary/aromatic N) is 2. The molecule has 1 aliphatic rings. The van der Waals surface area contributed by atoms with Crippen LogP contribution in [-0.4, -0.2) is 50.9 Å². The molecule has 28 heavy (non-hydrogen) atoms. The largest absolute Gasteiger partial charge is 0.374 e. The Bertz CT molecular complexity index is 884. The fourth-order valence-corrected chi connectivity index (χ4v) is 3.42. The van der Waals surface area contributed by atoms with Crippen LogP contribution in [0, 0.1) is 5.82 Å². The zero-order valence-electron chi connectivity index (χ0n) is 16.3. The van der Waals surface area contributed by atoms with Crippen molar-refractivity contribution in [3.63, 3.8) is 0 Å². The van der Waals surface area contributed by atoms with E-state index in [0.717, 1.165) is 24.6 Å². The van der Waals surface area contributed by atoms with Gasteiger partial charge < -0.3 is 20.4 Å². The van der Waals surface area contributed by atoms with Gasteiger partial charge in [0.1, 0.15) is 5.82 Å². The standard InChI is InChI=1S/C21H25FN4O2/c1-25(2)19(14-7-8-18-15(11-14)9-10-26(18)3)13-23-20(27)21(28)24-17-6-4-5-16(22)12-17/h4-8,11-12,19H,9-10,13H2,1-3H3,(H,23,27)(H,24,28)/t19-/m1/s1. The number of carbonyl (C=O) groups excluding carboxylic acids is 2. The molecule has 2 N–H and O–H groups in total. The van der Waals surface area contributed by atoms with Crippen molar-refractivity contribution < 1.29 is 14.0 Å². The van der Waals surface area contributed by atoms with E-state index in [1.54, 1.807) is 0 Å². The molecule has 0 saturated carbocycles. The van der Waals surface area contributed by atoms with Gasteiger partial charge in [-0.15, -0.1) is 0 Å². The maximum atomic E-state index is 13.2. The van der Waals surface area contributed by atoms with Gasteiger partial charge in [-0.2, -0.15) is 0 Å². The van der Waals surface area contributed by atoms with Crippen molar-refractivity contribution in [1.29, 1.82) is 0 Å². The number of amides is 2. The number of hydrogen-bond donors (Lipinski definition) is 2.